The second kappa shape index (κ2) is 15.8. The Morgan fingerprint density at radius 2 is 1.90 bits per heavy atom. The molecule has 0 saturated carbocycles. The maximum Gasteiger partial charge on any atom is 0.0889 e. The Kier molecular flexibility index (Phi) is 19.0. The van der Waals surface area contributed by atoms with Gasteiger partial charge in [-0.1, -0.05) is 6.92 Å². The first-order valence-electron chi connectivity index (χ1n) is 3.42. The molecule has 0 aromatic rings. The molecule has 0 radical (unpaired) electrons. The average molecular weight is 143 g/mol. The molecule has 3 nitrogen and oxygen atoms in total. The van der Waals surface area contributed by atoms with E-state index in [1.165, 1.54) is 0 Å². The first kappa shape index (κ1) is 12.1. The maximum atomic E-state index is 3.79. The van der Waals surface area contributed by atoms with Crippen molar-refractivity contribution in [3.63, 3.8) is 0 Å². The van der Waals surface area contributed by atoms with Crippen molar-refractivity contribution < 1.29 is 0 Å². The van der Waals surface area contributed by atoms with Crippen molar-refractivity contribution in [2.45, 2.75) is 13.3 Å². The van der Waals surface area contributed by atoms with Crippen LogP contribution in [0.2, 0.25) is 0 Å². The summed E-state index contributed by atoms with van der Waals surface area (Å²) in [5, 5.41) is 2.75. The van der Waals surface area contributed by atoms with E-state index in [0.29, 0.717) is 0 Å². The summed E-state index contributed by atoms with van der Waals surface area (Å²) in [6.45, 7) is 2.91. The van der Waals surface area contributed by atoms with Crippen LogP contribution in [-0.2, 0) is 0 Å². The summed E-state index contributed by atoms with van der Waals surface area (Å²) < 4.78 is 0. The minimum atomic E-state index is 0.845. The Balaban J connectivity index is 0. The van der Waals surface area contributed by atoms with E-state index in [1.807, 2.05) is 14.1 Å². The van der Waals surface area contributed by atoms with Gasteiger partial charge in [-0.25, -0.2) is 9.98 Å². The van der Waals surface area contributed by atoms with Crippen LogP contribution in [0.15, 0.2) is 9.98 Å². The molecule has 1 N–H and O–H groups in total. The highest BCUT2D eigenvalue weighted by molar-refractivity contribution is 5.40. The van der Waals surface area contributed by atoms with E-state index in [9.17, 15) is 0 Å². The van der Waals surface area contributed by atoms with Gasteiger partial charge < -0.3 is 5.32 Å². The Morgan fingerprint density at radius 3 is 2.20 bits per heavy atom. The van der Waals surface area contributed by atoms with Crippen molar-refractivity contribution >= 4 is 6.01 Å². The van der Waals surface area contributed by atoms with Gasteiger partial charge in [-0.3, -0.25) is 0 Å². The number of hydrogen-bond acceptors (Lipinski definition) is 3. The molecule has 0 aromatic carbocycles. The van der Waals surface area contributed by atoms with Crippen LogP contribution in [-0.4, -0.2) is 33.7 Å². The minimum Gasteiger partial charge on any atom is -0.323 e. The summed E-state index contributed by atoms with van der Waals surface area (Å²) in [6.07, 6.45) is 1.07. The van der Waals surface area contributed by atoms with Crippen LogP contribution < -0.4 is 5.32 Å². The molecule has 0 fully saturated rings. The lowest BCUT2D eigenvalue weighted by molar-refractivity contribution is 0.937. The van der Waals surface area contributed by atoms with E-state index in [2.05, 4.69) is 28.2 Å². The molecule has 60 valence electrons. The molecule has 0 rings (SSSR count). The Hall–Kier alpha value is -0.660. The quantitative estimate of drug-likeness (QED) is 0.576. The summed E-state index contributed by atoms with van der Waals surface area (Å²) in [6, 6.07) is 2.50. The molecule has 0 amide bonds. The molecule has 0 unspecified atom stereocenters. The molecule has 3 heteroatoms. The molecular formula is C7H17N3. The summed E-state index contributed by atoms with van der Waals surface area (Å²) in [5.41, 5.74) is 0. The third-order valence-electron chi connectivity index (χ3n) is 0.506. The van der Waals surface area contributed by atoms with Gasteiger partial charge in [-0.15, -0.1) is 0 Å². The summed E-state index contributed by atoms with van der Waals surface area (Å²) in [4.78, 5) is 7.35. The van der Waals surface area contributed by atoms with Gasteiger partial charge in [0, 0.05) is 13.6 Å². The lowest BCUT2D eigenvalue weighted by Crippen LogP contribution is -1.89. The van der Waals surface area contributed by atoms with E-state index >= 15 is 0 Å². The molecular weight excluding hydrogens is 126 g/mol. The van der Waals surface area contributed by atoms with Crippen LogP contribution in [0.4, 0.5) is 0 Å². The molecule has 0 aliphatic carbocycles. The largest absolute Gasteiger partial charge is 0.323 e. The first-order chi connectivity index (χ1) is 4.83. The van der Waals surface area contributed by atoms with Crippen molar-refractivity contribution in [1.29, 1.82) is 0 Å². The fourth-order valence-electron chi connectivity index (χ4n) is 0.233. The number of aliphatic imine (C=N–C) groups is 2. The van der Waals surface area contributed by atoms with Gasteiger partial charge in [-0.05, 0) is 20.5 Å². The zero-order valence-corrected chi connectivity index (χ0v) is 7.31. The third-order valence-corrected chi connectivity index (χ3v) is 0.506. The summed E-state index contributed by atoms with van der Waals surface area (Å²) in [7, 11) is 5.42. The second-order valence-corrected chi connectivity index (χ2v) is 1.71. The molecule has 0 aromatic heterocycles. The molecule has 0 aliphatic rings. The van der Waals surface area contributed by atoms with Gasteiger partial charge in [0.05, 0.1) is 6.01 Å². The van der Waals surface area contributed by atoms with E-state index in [-0.39, 0.29) is 0 Å². The van der Waals surface area contributed by atoms with Crippen LogP contribution in [0.25, 0.3) is 0 Å². The zero-order chi connectivity index (χ0) is 8.24. The molecule has 0 heterocycles. The molecule has 0 saturated heterocycles. The highest BCUT2D eigenvalue weighted by atomic mass is 14.8. The monoisotopic (exact) mass is 143 g/mol. The van der Waals surface area contributed by atoms with E-state index in [1.54, 1.807) is 7.05 Å². The van der Waals surface area contributed by atoms with Gasteiger partial charge in [0.1, 0.15) is 0 Å². The highest BCUT2D eigenvalue weighted by Crippen LogP contribution is 1.71. The van der Waals surface area contributed by atoms with E-state index in [4.69, 9.17) is 0 Å². The first-order valence-corrected chi connectivity index (χ1v) is 3.42. The van der Waals surface area contributed by atoms with Crippen molar-refractivity contribution in [2.75, 3.05) is 27.7 Å². The van der Waals surface area contributed by atoms with Gasteiger partial charge >= 0.3 is 0 Å². The zero-order valence-electron chi connectivity index (χ0n) is 7.31. The molecule has 0 aliphatic heterocycles. The summed E-state index contributed by atoms with van der Waals surface area (Å²) >= 11 is 0. The van der Waals surface area contributed by atoms with Gasteiger partial charge in [0.25, 0.3) is 0 Å². The minimum absolute atomic E-state index is 0.845. The predicted octanol–water partition coefficient (Wildman–Crippen LogP) is 1.04. The molecule has 0 bridgehead atoms. The average Bonchev–Trinajstić information content (AvgIpc) is 1.91. The van der Waals surface area contributed by atoms with Crippen LogP contribution in [0.1, 0.15) is 13.3 Å². The molecule has 0 spiro atoms. The smallest absolute Gasteiger partial charge is 0.0889 e. The maximum absolute atomic E-state index is 3.79. The van der Waals surface area contributed by atoms with Crippen LogP contribution in [0.5, 0.6) is 0 Å². The number of rotatable bonds is 2. The molecule has 10 heavy (non-hydrogen) atoms. The normalized spacial score (nSPS) is 6.80. The van der Waals surface area contributed by atoms with Gasteiger partial charge in [-0.2, -0.15) is 0 Å². The fraction of sp³-hybridized carbons (Fsp3) is 0.857. The van der Waals surface area contributed by atoms with E-state index in [0.717, 1.165) is 13.0 Å². The Labute approximate surface area is 63.3 Å². The van der Waals surface area contributed by atoms with Crippen LogP contribution >= 0.6 is 0 Å². The van der Waals surface area contributed by atoms with E-state index < -0.39 is 0 Å². The van der Waals surface area contributed by atoms with Crippen LogP contribution in [0.3, 0.4) is 0 Å². The highest BCUT2D eigenvalue weighted by Gasteiger charge is 1.65. The van der Waals surface area contributed by atoms with Crippen molar-refractivity contribution in [1.82, 2.24) is 5.32 Å². The Bertz CT molecular complexity index is 93.0. The van der Waals surface area contributed by atoms with Crippen molar-refractivity contribution in [2.24, 2.45) is 9.98 Å². The Morgan fingerprint density at radius 1 is 1.40 bits per heavy atom. The van der Waals surface area contributed by atoms with Crippen molar-refractivity contribution in [3.8, 4) is 0 Å². The van der Waals surface area contributed by atoms with Crippen molar-refractivity contribution in [3.05, 3.63) is 0 Å². The molecule has 0 atom stereocenters. The lowest BCUT2D eigenvalue weighted by atomic mass is 10.5. The number of nitrogens with zero attached hydrogens (tertiary/aromatic N) is 2. The fourth-order valence-corrected chi connectivity index (χ4v) is 0.233. The topological polar surface area (TPSA) is 36.8 Å². The van der Waals surface area contributed by atoms with Gasteiger partial charge in [0.15, 0.2) is 0 Å². The summed E-state index contributed by atoms with van der Waals surface area (Å²) in [5.74, 6) is 0. The SMILES string of the molecule is CCCN=C=NC.CNC. The van der Waals surface area contributed by atoms with Crippen LogP contribution in [0, 0.1) is 0 Å². The second-order valence-electron chi connectivity index (χ2n) is 1.71. The van der Waals surface area contributed by atoms with Gasteiger partial charge in [0.2, 0.25) is 0 Å². The number of hydrogen-bond donors (Lipinski definition) is 1. The standard InChI is InChI=1S/C5H10N2.C2H7N/c1-3-4-7-5-6-2;1-3-2/h3-4H2,1-2H3;3H,1-2H3. The third kappa shape index (κ3) is 26.4. The lowest BCUT2D eigenvalue weighted by Gasteiger charge is -1.74. The predicted molar refractivity (Wildman–Crippen MR) is 45.9 cm³/mol. The number of nitrogens with one attached hydrogen (secondary N) is 1.